The average molecular weight is 496 g/mol. The number of primary amides is 1. The van der Waals surface area contributed by atoms with Crippen LogP contribution in [0.5, 0.6) is 0 Å². The van der Waals surface area contributed by atoms with E-state index in [0.717, 1.165) is 19.3 Å². The summed E-state index contributed by atoms with van der Waals surface area (Å²) in [6.07, 6.45) is -0.714. The van der Waals surface area contributed by atoms with Crippen LogP contribution in [-0.2, 0) is 14.4 Å². The van der Waals surface area contributed by atoms with Crippen molar-refractivity contribution < 1.29 is 39.2 Å². The highest BCUT2D eigenvalue weighted by molar-refractivity contribution is 6.07. The number of hydrogen-bond donors (Lipinski definition) is 5. The fourth-order valence-electron chi connectivity index (χ4n) is 8.87. The molecule has 14 atom stereocenters. The van der Waals surface area contributed by atoms with Crippen molar-refractivity contribution in [1.29, 1.82) is 0 Å². The number of nitrogens with two attached hydrogens (primary N) is 1. The highest BCUT2D eigenvalue weighted by atomic mass is 19.1. The molecule has 0 aromatic rings. The second-order valence-corrected chi connectivity index (χ2v) is 12.2. The van der Waals surface area contributed by atoms with Gasteiger partial charge in [-0.05, 0) is 81.0 Å². The van der Waals surface area contributed by atoms with Crippen LogP contribution in [0.1, 0.15) is 58.3 Å². The maximum absolute atomic E-state index is 14.2. The Kier molecular flexibility index (Phi) is 6.38. The predicted octanol–water partition coefficient (Wildman–Crippen LogP) is 0.516. The molecular weight excluding hydrogens is 457 g/mol. The zero-order valence-electron chi connectivity index (χ0n) is 20.1. The summed E-state index contributed by atoms with van der Waals surface area (Å²) in [6, 6.07) is 0. The van der Waals surface area contributed by atoms with Crippen LogP contribution in [0.25, 0.3) is 0 Å². The van der Waals surface area contributed by atoms with Crippen molar-refractivity contribution in [1.82, 2.24) is 0 Å². The van der Waals surface area contributed by atoms with Crippen molar-refractivity contribution in [3.05, 3.63) is 0 Å². The predicted molar refractivity (Wildman–Crippen MR) is 121 cm³/mol. The number of amides is 1. The van der Waals surface area contributed by atoms with Crippen molar-refractivity contribution >= 4 is 17.5 Å². The molecule has 5 saturated carbocycles. The zero-order chi connectivity index (χ0) is 25.4. The molecule has 11 unspecified atom stereocenters. The van der Waals surface area contributed by atoms with Gasteiger partial charge in [-0.25, -0.2) is 4.39 Å². The second kappa shape index (κ2) is 8.85. The number of hydrogen-bond acceptors (Lipinski definition) is 7. The average Bonchev–Trinajstić information content (AvgIpc) is 2.78. The summed E-state index contributed by atoms with van der Waals surface area (Å²) in [5, 5.41) is 44.0. The van der Waals surface area contributed by atoms with E-state index in [-0.39, 0.29) is 48.2 Å². The third-order valence-electron chi connectivity index (χ3n) is 10.6. The molecule has 0 aromatic carbocycles. The van der Waals surface area contributed by atoms with Crippen molar-refractivity contribution in [2.45, 2.75) is 88.4 Å². The van der Waals surface area contributed by atoms with Crippen LogP contribution in [0.2, 0.25) is 0 Å². The Morgan fingerprint density at radius 1 is 0.914 bits per heavy atom. The minimum Gasteiger partial charge on any atom is -0.392 e. The Labute approximate surface area is 204 Å². The lowest BCUT2D eigenvalue weighted by molar-refractivity contribution is -0.217. The molecule has 0 aromatic heterocycles. The molecule has 9 heteroatoms. The summed E-state index contributed by atoms with van der Waals surface area (Å²) >= 11 is 0. The quantitative estimate of drug-likeness (QED) is 0.349. The maximum Gasteiger partial charge on any atom is 0.230 e. The van der Waals surface area contributed by atoms with Gasteiger partial charge in [0, 0.05) is 11.8 Å². The van der Waals surface area contributed by atoms with Gasteiger partial charge in [-0.3, -0.25) is 14.4 Å². The minimum atomic E-state index is -2.34. The highest BCUT2D eigenvalue weighted by Gasteiger charge is 2.67. The molecule has 6 N–H and O–H groups in total. The number of rotatable bonds is 2. The van der Waals surface area contributed by atoms with Crippen molar-refractivity contribution in [3.63, 3.8) is 0 Å². The van der Waals surface area contributed by atoms with Crippen LogP contribution in [0, 0.1) is 53.3 Å². The molecule has 0 aliphatic heterocycles. The Bertz CT molecular complexity index is 899. The van der Waals surface area contributed by atoms with E-state index in [4.69, 9.17) is 5.73 Å². The number of fused-ring (bicyclic) bond motifs is 3. The van der Waals surface area contributed by atoms with Crippen molar-refractivity contribution in [2.75, 3.05) is 0 Å². The number of carbonyl (C=O) groups is 3. The fraction of sp³-hybridized carbons (Fsp3) is 0.885. The van der Waals surface area contributed by atoms with E-state index in [1.54, 1.807) is 0 Å². The Morgan fingerprint density at radius 3 is 2.29 bits per heavy atom. The largest absolute Gasteiger partial charge is 0.392 e. The summed E-state index contributed by atoms with van der Waals surface area (Å²) in [5.41, 5.74) is 2.97. The van der Waals surface area contributed by atoms with Gasteiger partial charge in [0.05, 0.1) is 18.1 Å². The van der Waals surface area contributed by atoms with Gasteiger partial charge in [0.2, 0.25) is 5.91 Å². The molecule has 5 fully saturated rings. The van der Waals surface area contributed by atoms with E-state index in [2.05, 4.69) is 0 Å². The van der Waals surface area contributed by atoms with E-state index < -0.39 is 65.4 Å². The van der Waals surface area contributed by atoms with Crippen molar-refractivity contribution in [3.8, 4) is 0 Å². The second-order valence-electron chi connectivity index (χ2n) is 12.2. The molecule has 0 radical (unpaired) electrons. The number of aliphatic hydroxyl groups is 4. The van der Waals surface area contributed by atoms with E-state index in [1.165, 1.54) is 0 Å². The first-order valence-electron chi connectivity index (χ1n) is 13.2. The fourth-order valence-corrected chi connectivity index (χ4v) is 8.87. The van der Waals surface area contributed by atoms with Gasteiger partial charge in [0.1, 0.15) is 24.0 Å². The maximum atomic E-state index is 14.2. The standard InChI is InChI=1S/C26H38FNO7/c1-10-6-11(2-4-16(10)27)14-3-5-17(29)20-15(14)8-12-7-13-9-18(30)21(25(28)34)24(33)26(13,35)23(32)19(12)22(20)31/h10-21,23,29-30,32,35H,2-9H2,1H3,(H2,28,34)/t10?,11?,12-,13+,14?,15?,16?,17?,18?,19?,20?,21?,23?,26+/m1/s1. The molecule has 8 nitrogen and oxygen atoms in total. The molecule has 35 heavy (non-hydrogen) atoms. The lowest BCUT2D eigenvalue weighted by Gasteiger charge is -2.58. The molecule has 5 aliphatic carbocycles. The minimum absolute atomic E-state index is 0.0365. The number of ketones is 2. The lowest BCUT2D eigenvalue weighted by Crippen LogP contribution is -2.71. The van der Waals surface area contributed by atoms with Gasteiger partial charge >= 0.3 is 0 Å². The van der Waals surface area contributed by atoms with Crippen LogP contribution in [0.15, 0.2) is 0 Å². The monoisotopic (exact) mass is 495 g/mol. The molecule has 0 spiro atoms. The number of Topliss-reactive ketones (excluding diaryl/α,β-unsaturated/α-hetero) is 2. The third kappa shape index (κ3) is 3.71. The van der Waals surface area contributed by atoms with Gasteiger partial charge in [-0.15, -0.1) is 0 Å². The molecule has 0 bridgehead atoms. The van der Waals surface area contributed by atoms with Gasteiger partial charge in [0.15, 0.2) is 11.4 Å². The van der Waals surface area contributed by atoms with E-state index in [1.807, 2.05) is 6.92 Å². The first-order valence-corrected chi connectivity index (χ1v) is 13.2. The summed E-state index contributed by atoms with van der Waals surface area (Å²) < 4.78 is 14.2. The number of halogens is 1. The summed E-state index contributed by atoms with van der Waals surface area (Å²) in [6.45, 7) is 1.93. The molecule has 5 rings (SSSR count). The lowest BCUT2D eigenvalue weighted by atomic mass is 9.47. The summed E-state index contributed by atoms with van der Waals surface area (Å²) in [5.74, 6) is -6.55. The van der Waals surface area contributed by atoms with Crippen molar-refractivity contribution in [2.24, 2.45) is 59.0 Å². The summed E-state index contributed by atoms with van der Waals surface area (Å²) in [7, 11) is 0. The van der Waals surface area contributed by atoms with Gasteiger partial charge in [-0.1, -0.05) is 6.92 Å². The Balaban J connectivity index is 1.44. The normalized spacial score (nSPS) is 54.4. The van der Waals surface area contributed by atoms with Crippen LogP contribution >= 0.6 is 0 Å². The van der Waals surface area contributed by atoms with E-state index >= 15 is 0 Å². The van der Waals surface area contributed by atoms with Gasteiger partial charge in [-0.2, -0.15) is 0 Å². The Hall–Kier alpha value is -1.42. The molecule has 0 saturated heterocycles. The Morgan fingerprint density at radius 2 is 1.63 bits per heavy atom. The van der Waals surface area contributed by atoms with E-state index in [9.17, 15) is 39.2 Å². The van der Waals surface area contributed by atoms with Gasteiger partial charge < -0.3 is 26.2 Å². The van der Waals surface area contributed by atoms with Crippen LogP contribution in [-0.4, -0.2) is 68.0 Å². The first-order chi connectivity index (χ1) is 16.5. The number of carbonyl (C=O) groups excluding carboxylic acids is 3. The number of aliphatic hydroxyl groups excluding tert-OH is 3. The van der Waals surface area contributed by atoms with E-state index in [0.29, 0.717) is 19.3 Å². The number of alkyl halides is 1. The molecular formula is C26H38FNO7. The topological polar surface area (TPSA) is 158 Å². The SMILES string of the molecule is CC1CC(C2CCC(O)C3C(=O)C4C(O)[C@]5(O)C(=O)C(C(N)=O)C(O)C[C@@H]5C[C@@H]4CC23)CCC1F. The highest BCUT2D eigenvalue weighted by Crippen LogP contribution is 2.57. The van der Waals surface area contributed by atoms with Crippen LogP contribution in [0.3, 0.4) is 0 Å². The molecule has 5 aliphatic rings. The van der Waals surface area contributed by atoms with Gasteiger partial charge in [0.25, 0.3) is 0 Å². The van der Waals surface area contributed by atoms with Crippen LogP contribution < -0.4 is 5.73 Å². The smallest absolute Gasteiger partial charge is 0.230 e. The summed E-state index contributed by atoms with van der Waals surface area (Å²) in [4.78, 5) is 38.8. The third-order valence-corrected chi connectivity index (χ3v) is 10.6. The first kappa shape index (κ1) is 25.2. The van der Waals surface area contributed by atoms with Crippen LogP contribution in [0.4, 0.5) is 4.39 Å². The molecule has 1 amide bonds. The molecule has 0 heterocycles. The molecule has 196 valence electrons. The zero-order valence-corrected chi connectivity index (χ0v) is 20.1.